The van der Waals surface area contributed by atoms with E-state index < -0.39 is 23.9 Å². The van der Waals surface area contributed by atoms with E-state index >= 15 is 0 Å². The molecule has 0 bridgehead atoms. The molecule has 0 atom stereocenters. The van der Waals surface area contributed by atoms with Gasteiger partial charge in [-0.25, -0.2) is 19.2 Å². The topological polar surface area (TPSA) is 181 Å². The van der Waals surface area contributed by atoms with Crippen LogP contribution in [0.1, 0.15) is 38.3 Å². The third-order valence-corrected chi connectivity index (χ3v) is 4.79. The number of methoxy groups -OCH3 is 1. The van der Waals surface area contributed by atoms with E-state index in [0.717, 1.165) is 11.3 Å². The van der Waals surface area contributed by atoms with Gasteiger partial charge in [-0.15, -0.1) is 11.3 Å². The normalized spacial score (nSPS) is 9.84. The summed E-state index contributed by atoms with van der Waals surface area (Å²) in [5.41, 5.74) is 0.579. The van der Waals surface area contributed by atoms with Crippen LogP contribution in [-0.2, 0) is 30.4 Å². The van der Waals surface area contributed by atoms with E-state index in [9.17, 15) is 14.4 Å². The number of carboxylic acid groups (broad SMARTS) is 2. The van der Waals surface area contributed by atoms with Crippen LogP contribution in [0.2, 0.25) is 0 Å². The quantitative estimate of drug-likeness (QED) is 0.324. The van der Waals surface area contributed by atoms with Gasteiger partial charge < -0.3 is 34.7 Å². The van der Waals surface area contributed by atoms with Crippen molar-refractivity contribution < 1.29 is 48.1 Å². The summed E-state index contributed by atoms with van der Waals surface area (Å²) in [6, 6.07) is 3.54. The Morgan fingerprint density at radius 3 is 2.28 bits per heavy atom. The highest BCUT2D eigenvalue weighted by molar-refractivity contribution is 7.18. The van der Waals surface area contributed by atoms with Gasteiger partial charge in [0, 0.05) is 0 Å². The van der Waals surface area contributed by atoms with Gasteiger partial charge in [0.1, 0.15) is 15.6 Å². The number of rotatable bonds is 8. The van der Waals surface area contributed by atoms with Crippen LogP contribution in [-0.4, -0.2) is 60.3 Å². The number of furan rings is 1. The largest absolute Gasteiger partial charge is 0.473 e. The Morgan fingerprint density at radius 1 is 1.12 bits per heavy atom. The lowest BCUT2D eigenvalue weighted by Crippen LogP contribution is -2.28. The number of anilines is 1. The van der Waals surface area contributed by atoms with E-state index in [1.54, 1.807) is 32.2 Å². The molecule has 1 amide bonds. The first-order chi connectivity index (χ1) is 15.1. The van der Waals surface area contributed by atoms with Crippen molar-refractivity contribution in [2.45, 2.75) is 20.4 Å². The minimum atomic E-state index is -1.82. The Labute approximate surface area is 186 Å². The van der Waals surface area contributed by atoms with E-state index in [2.05, 4.69) is 10.6 Å². The lowest BCUT2D eigenvalue weighted by Gasteiger charge is -2.07. The molecule has 2 aromatic heterocycles. The SMILES string of the molecule is CCOC(=O)c1c(NC(=O)CNCc2ccco2)sc(C(=O)OC)c1C.O=C(O)C(=O)O. The highest BCUT2D eigenvalue weighted by Crippen LogP contribution is 2.34. The van der Waals surface area contributed by atoms with E-state index in [0.29, 0.717) is 17.9 Å². The van der Waals surface area contributed by atoms with Crippen LogP contribution >= 0.6 is 11.3 Å². The fraction of sp³-hybridized carbons (Fsp3) is 0.316. The molecule has 13 heteroatoms. The summed E-state index contributed by atoms with van der Waals surface area (Å²) in [5, 5.41) is 20.6. The molecule has 0 aliphatic carbocycles. The van der Waals surface area contributed by atoms with Crippen molar-refractivity contribution in [3.05, 3.63) is 40.2 Å². The second-order valence-corrected chi connectivity index (χ2v) is 6.83. The molecule has 0 fully saturated rings. The maximum Gasteiger partial charge on any atom is 0.414 e. The smallest absolute Gasteiger partial charge is 0.414 e. The van der Waals surface area contributed by atoms with Crippen LogP contribution in [0, 0.1) is 6.92 Å². The lowest BCUT2D eigenvalue weighted by atomic mass is 10.1. The summed E-state index contributed by atoms with van der Waals surface area (Å²) in [7, 11) is 1.25. The fourth-order valence-electron chi connectivity index (χ4n) is 2.22. The Balaban J connectivity index is 0.000000751. The second kappa shape index (κ2) is 12.9. The first-order valence-electron chi connectivity index (χ1n) is 9.00. The van der Waals surface area contributed by atoms with Crippen LogP contribution in [0.3, 0.4) is 0 Å². The van der Waals surface area contributed by atoms with Gasteiger partial charge in [-0.2, -0.15) is 0 Å². The molecule has 12 nitrogen and oxygen atoms in total. The number of carbonyl (C=O) groups is 5. The Hall–Kier alpha value is -3.71. The number of carboxylic acids is 2. The van der Waals surface area contributed by atoms with Crippen LogP contribution in [0.15, 0.2) is 22.8 Å². The van der Waals surface area contributed by atoms with E-state index in [1.165, 1.54) is 7.11 Å². The average Bonchev–Trinajstić information content (AvgIpc) is 3.36. The summed E-state index contributed by atoms with van der Waals surface area (Å²) < 4.78 is 14.9. The predicted molar refractivity (Wildman–Crippen MR) is 111 cm³/mol. The van der Waals surface area contributed by atoms with Crippen molar-refractivity contribution >= 4 is 46.1 Å². The first kappa shape index (κ1) is 26.3. The molecular weight excluding hydrogens is 448 g/mol. The van der Waals surface area contributed by atoms with E-state index in [4.69, 9.17) is 33.7 Å². The molecule has 0 aliphatic heterocycles. The molecular formula is C19H22N2O10S. The number of amides is 1. The van der Waals surface area contributed by atoms with Gasteiger partial charge in [0.15, 0.2) is 0 Å². The molecule has 0 aromatic carbocycles. The molecule has 2 aromatic rings. The highest BCUT2D eigenvalue weighted by atomic mass is 32.1. The van der Waals surface area contributed by atoms with Gasteiger partial charge in [0.25, 0.3) is 0 Å². The molecule has 0 aliphatic rings. The standard InChI is InChI=1S/C17H20N2O6S.C2H2O4/c1-4-24-16(21)13-10(2)14(17(22)23-3)26-15(13)19-12(20)9-18-8-11-6-5-7-25-11;3-1(4)2(5)6/h5-7,18H,4,8-9H2,1-3H3,(H,19,20);(H,3,4)(H,5,6). The fourth-order valence-corrected chi connectivity index (χ4v) is 3.35. The van der Waals surface area contributed by atoms with Gasteiger partial charge in [-0.3, -0.25) is 4.79 Å². The van der Waals surface area contributed by atoms with Crippen LogP contribution in [0.5, 0.6) is 0 Å². The van der Waals surface area contributed by atoms with Crippen molar-refractivity contribution in [2.75, 3.05) is 25.6 Å². The summed E-state index contributed by atoms with van der Waals surface area (Å²) >= 11 is 0.979. The molecule has 0 saturated heterocycles. The van der Waals surface area contributed by atoms with E-state index in [-0.39, 0.29) is 34.5 Å². The van der Waals surface area contributed by atoms with E-state index in [1.807, 2.05) is 0 Å². The first-order valence-corrected chi connectivity index (χ1v) is 9.81. The number of ether oxygens (including phenoxy) is 2. The zero-order chi connectivity index (χ0) is 24.3. The maximum absolute atomic E-state index is 12.2. The summed E-state index contributed by atoms with van der Waals surface area (Å²) in [6.07, 6.45) is 1.55. The molecule has 0 spiro atoms. The highest BCUT2D eigenvalue weighted by Gasteiger charge is 2.27. The van der Waals surface area contributed by atoms with Crippen molar-refractivity contribution in [2.24, 2.45) is 0 Å². The Bertz CT molecular complexity index is 953. The maximum atomic E-state index is 12.2. The minimum absolute atomic E-state index is 0.00741. The number of carbonyl (C=O) groups excluding carboxylic acids is 3. The van der Waals surface area contributed by atoms with Gasteiger partial charge in [-0.1, -0.05) is 0 Å². The Morgan fingerprint density at radius 2 is 1.78 bits per heavy atom. The molecule has 32 heavy (non-hydrogen) atoms. The predicted octanol–water partition coefficient (Wildman–Crippen LogP) is 1.50. The second-order valence-electron chi connectivity index (χ2n) is 5.81. The van der Waals surface area contributed by atoms with Crippen molar-refractivity contribution in [1.29, 1.82) is 0 Å². The Kier molecular flexibility index (Phi) is 10.6. The van der Waals surface area contributed by atoms with Crippen molar-refractivity contribution in [3.63, 3.8) is 0 Å². The van der Waals surface area contributed by atoms with Crippen LogP contribution in [0.4, 0.5) is 5.00 Å². The number of aliphatic carboxylic acids is 2. The number of hydrogen-bond acceptors (Lipinski definition) is 10. The number of thiophene rings is 1. The van der Waals surface area contributed by atoms with Crippen molar-refractivity contribution in [3.8, 4) is 0 Å². The minimum Gasteiger partial charge on any atom is -0.473 e. The van der Waals surface area contributed by atoms with Crippen LogP contribution in [0.25, 0.3) is 0 Å². The lowest BCUT2D eigenvalue weighted by molar-refractivity contribution is -0.159. The zero-order valence-corrected chi connectivity index (χ0v) is 18.2. The van der Waals surface area contributed by atoms with Gasteiger partial charge in [-0.05, 0) is 31.5 Å². The number of esters is 2. The summed E-state index contributed by atoms with van der Waals surface area (Å²) in [4.78, 5) is 54.7. The molecule has 2 heterocycles. The number of nitrogens with one attached hydrogen (secondary N) is 2. The summed E-state index contributed by atoms with van der Waals surface area (Å²) in [6.45, 7) is 3.87. The monoisotopic (exact) mass is 470 g/mol. The average molecular weight is 470 g/mol. The van der Waals surface area contributed by atoms with Gasteiger partial charge in [0.05, 0.1) is 38.6 Å². The van der Waals surface area contributed by atoms with Crippen LogP contribution < -0.4 is 10.6 Å². The molecule has 2 rings (SSSR count). The zero-order valence-electron chi connectivity index (χ0n) is 17.4. The molecule has 174 valence electrons. The molecule has 4 N–H and O–H groups in total. The van der Waals surface area contributed by atoms with Gasteiger partial charge >= 0.3 is 23.9 Å². The molecule has 0 radical (unpaired) electrons. The third-order valence-electron chi connectivity index (χ3n) is 3.60. The summed E-state index contributed by atoms with van der Waals surface area (Å²) in [5.74, 6) is -4.49. The third kappa shape index (κ3) is 7.85. The number of hydrogen-bond donors (Lipinski definition) is 4. The van der Waals surface area contributed by atoms with Gasteiger partial charge in [0.2, 0.25) is 5.91 Å². The molecule has 0 unspecified atom stereocenters. The molecule has 0 saturated carbocycles. The van der Waals surface area contributed by atoms with Crippen molar-refractivity contribution in [1.82, 2.24) is 5.32 Å².